The van der Waals surface area contributed by atoms with Crippen molar-refractivity contribution in [1.29, 1.82) is 0 Å². The molecule has 0 saturated carbocycles. The molecule has 0 saturated heterocycles. The monoisotopic (exact) mass is 490 g/mol. The molecule has 1 N–H and O–H groups in total. The Morgan fingerprint density at radius 1 is 1.38 bits per heavy atom. The molecule has 7 heteroatoms. The highest BCUT2D eigenvalue weighted by molar-refractivity contribution is 14.0. The van der Waals surface area contributed by atoms with Crippen LogP contribution in [0.2, 0.25) is 5.02 Å². The van der Waals surface area contributed by atoms with Gasteiger partial charge < -0.3 is 19.5 Å². The number of para-hydroxylation sites is 1. The number of hydrogen-bond acceptors (Lipinski definition) is 2. The van der Waals surface area contributed by atoms with Crippen LogP contribution in [0, 0.1) is 0 Å². The van der Waals surface area contributed by atoms with E-state index in [2.05, 4.69) is 28.2 Å². The van der Waals surface area contributed by atoms with Crippen LogP contribution < -0.4 is 10.1 Å². The number of ether oxygens (including phenoxy) is 1. The average molecular weight is 491 g/mol. The van der Waals surface area contributed by atoms with E-state index in [9.17, 15) is 0 Å². The van der Waals surface area contributed by atoms with E-state index >= 15 is 0 Å². The average Bonchev–Trinajstić information content (AvgIpc) is 2.92. The summed E-state index contributed by atoms with van der Waals surface area (Å²) in [6.07, 6.45) is 1.91. The van der Waals surface area contributed by atoms with Gasteiger partial charge in [0.15, 0.2) is 5.96 Å². The lowest BCUT2D eigenvalue weighted by Crippen LogP contribution is -2.40. The number of aromatic nitrogens is 1. The van der Waals surface area contributed by atoms with Crippen LogP contribution in [0.25, 0.3) is 0 Å². The first-order valence-corrected chi connectivity index (χ1v) is 8.69. The first-order chi connectivity index (χ1) is 12.0. The van der Waals surface area contributed by atoms with Crippen LogP contribution in [0.1, 0.15) is 24.1 Å². The van der Waals surface area contributed by atoms with Crippen molar-refractivity contribution >= 4 is 41.5 Å². The highest BCUT2D eigenvalue weighted by atomic mass is 127. The summed E-state index contributed by atoms with van der Waals surface area (Å²) in [5, 5.41) is 4.19. The van der Waals surface area contributed by atoms with Gasteiger partial charge in [-0.15, -0.1) is 24.0 Å². The van der Waals surface area contributed by atoms with Crippen LogP contribution in [-0.4, -0.2) is 43.2 Å². The maximum Gasteiger partial charge on any atom is 0.193 e. The first kappa shape index (κ1) is 22.6. The molecule has 0 fully saturated rings. The van der Waals surface area contributed by atoms with Crippen LogP contribution in [0.15, 0.2) is 41.5 Å². The van der Waals surface area contributed by atoms with E-state index in [0.717, 1.165) is 35.5 Å². The van der Waals surface area contributed by atoms with Gasteiger partial charge in [-0.2, -0.15) is 0 Å². The standard InChI is InChI=1S/C19H27ClN4O.HI/c1-14(17-8-6-7-9-18(17)25-5)11-22-19(21-2)24(4)13-16-10-15(20)12-23(16)3;/h6-10,12,14H,11,13H2,1-5H3,(H,21,22);1H. The SMILES string of the molecule is CN=C(NCC(C)c1ccccc1OC)N(C)Cc1cc(Cl)cn1C.I. The maximum absolute atomic E-state index is 6.06. The van der Waals surface area contributed by atoms with Gasteiger partial charge in [0.2, 0.25) is 0 Å². The zero-order valence-corrected chi connectivity index (χ0v) is 19.1. The summed E-state index contributed by atoms with van der Waals surface area (Å²) in [4.78, 5) is 6.47. The van der Waals surface area contributed by atoms with Crippen molar-refractivity contribution in [3.63, 3.8) is 0 Å². The predicted octanol–water partition coefficient (Wildman–Crippen LogP) is 4.12. The molecule has 26 heavy (non-hydrogen) atoms. The summed E-state index contributed by atoms with van der Waals surface area (Å²) in [6, 6.07) is 10.1. The smallest absolute Gasteiger partial charge is 0.193 e. The van der Waals surface area contributed by atoms with Gasteiger partial charge in [-0.3, -0.25) is 4.99 Å². The second kappa shape index (κ2) is 10.7. The summed E-state index contributed by atoms with van der Waals surface area (Å²) < 4.78 is 7.49. The topological polar surface area (TPSA) is 41.8 Å². The lowest BCUT2D eigenvalue weighted by atomic mass is 10.0. The first-order valence-electron chi connectivity index (χ1n) is 8.31. The molecule has 1 unspecified atom stereocenters. The Morgan fingerprint density at radius 3 is 2.65 bits per heavy atom. The van der Waals surface area contributed by atoms with E-state index in [-0.39, 0.29) is 24.0 Å². The molecule has 144 valence electrons. The highest BCUT2D eigenvalue weighted by Crippen LogP contribution is 2.25. The fraction of sp³-hybridized carbons (Fsp3) is 0.421. The molecule has 1 heterocycles. The van der Waals surface area contributed by atoms with Crippen molar-refractivity contribution in [2.75, 3.05) is 27.7 Å². The lowest BCUT2D eigenvalue weighted by Gasteiger charge is -2.24. The quantitative estimate of drug-likeness (QED) is 0.376. The number of benzene rings is 1. The van der Waals surface area contributed by atoms with Crippen molar-refractivity contribution in [1.82, 2.24) is 14.8 Å². The molecular formula is C19H28ClIN4O. The predicted molar refractivity (Wildman–Crippen MR) is 120 cm³/mol. The number of nitrogens with one attached hydrogen (secondary N) is 1. The second-order valence-electron chi connectivity index (χ2n) is 6.19. The Kier molecular flexibility index (Phi) is 9.29. The number of methoxy groups -OCH3 is 1. The minimum absolute atomic E-state index is 0. The van der Waals surface area contributed by atoms with E-state index in [0.29, 0.717) is 5.92 Å². The van der Waals surface area contributed by atoms with E-state index in [4.69, 9.17) is 16.3 Å². The number of aryl methyl sites for hydroxylation is 1. The maximum atomic E-state index is 6.06. The number of halogens is 2. The van der Waals surface area contributed by atoms with Crippen molar-refractivity contribution in [3.8, 4) is 5.75 Å². The molecule has 2 aromatic rings. The van der Waals surface area contributed by atoms with Crippen molar-refractivity contribution in [2.45, 2.75) is 19.4 Å². The summed E-state index contributed by atoms with van der Waals surface area (Å²) >= 11 is 6.06. The summed E-state index contributed by atoms with van der Waals surface area (Å²) in [7, 11) is 7.51. The normalized spacial score (nSPS) is 12.3. The van der Waals surface area contributed by atoms with Crippen LogP contribution >= 0.6 is 35.6 Å². The number of guanidine groups is 1. The molecular weight excluding hydrogens is 463 g/mol. The summed E-state index contributed by atoms with van der Waals surface area (Å²) in [5.74, 6) is 2.06. The number of hydrogen-bond donors (Lipinski definition) is 1. The summed E-state index contributed by atoms with van der Waals surface area (Å²) in [6.45, 7) is 3.67. The molecule has 5 nitrogen and oxygen atoms in total. The Morgan fingerprint density at radius 2 is 2.08 bits per heavy atom. The van der Waals surface area contributed by atoms with Gasteiger partial charge in [-0.1, -0.05) is 36.7 Å². The molecule has 0 radical (unpaired) electrons. The molecule has 2 rings (SSSR count). The van der Waals surface area contributed by atoms with E-state index in [1.54, 1.807) is 14.2 Å². The number of nitrogens with zero attached hydrogens (tertiary/aromatic N) is 3. The largest absolute Gasteiger partial charge is 0.496 e. The summed E-state index contributed by atoms with van der Waals surface area (Å²) in [5.41, 5.74) is 2.32. The minimum atomic E-state index is 0. The van der Waals surface area contributed by atoms with E-state index in [1.165, 1.54) is 5.56 Å². The van der Waals surface area contributed by atoms with E-state index < -0.39 is 0 Å². The fourth-order valence-corrected chi connectivity index (χ4v) is 3.13. The second-order valence-corrected chi connectivity index (χ2v) is 6.62. The Hall–Kier alpha value is -1.41. The Labute approximate surface area is 178 Å². The molecule has 0 aliphatic heterocycles. The van der Waals surface area contributed by atoms with Gasteiger partial charge in [0.05, 0.1) is 18.7 Å². The van der Waals surface area contributed by atoms with Gasteiger partial charge in [0, 0.05) is 45.5 Å². The van der Waals surface area contributed by atoms with Gasteiger partial charge >= 0.3 is 0 Å². The molecule has 1 atom stereocenters. The zero-order chi connectivity index (χ0) is 18.4. The molecule has 1 aromatic heterocycles. The van der Waals surface area contributed by atoms with Crippen LogP contribution in [-0.2, 0) is 13.6 Å². The van der Waals surface area contributed by atoms with Crippen molar-refractivity contribution < 1.29 is 4.74 Å². The van der Waals surface area contributed by atoms with Crippen molar-refractivity contribution in [2.24, 2.45) is 12.0 Å². The van der Waals surface area contributed by atoms with E-state index in [1.807, 2.05) is 49.1 Å². The van der Waals surface area contributed by atoms with Crippen molar-refractivity contribution in [3.05, 3.63) is 52.8 Å². The molecule has 0 amide bonds. The third-order valence-corrected chi connectivity index (χ3v) is 4.49. The van der Waals surface area contributed by atoms with Gasteiger partial charge in [0.25, 0.3) is 0 Å². The fourth-order valence-electron chi connectivity index (χ4n) is 2.85. The third kappa shape index (κ3) is 5.81. The van der Waals surface area contributed by atoms with Gasteiger partial charge in [-0.05, 0) is 17.7 Å². The molecule has 1 aromatic carbocycles. The number of aliphatic imine (C=N–C) groups is 1. The highest BCUT2D eigenvalue weighted by Gasteiger charge is 2.14. The molecule has 0 spiro atoms. The minimum Gasteiger partial charge on any atom is -0.496 e. The molecule has 0 aliphatic carbocycles. The van der Waals surface area contributed by atoms with Crippen LogP contribution in [0.4, 0.5) is 0 Å². The lowest BCUT2D eigenvalue weighted by molar-refractivity contribution is 0.405. The van der Waals surface area contributed by atoms with Crippen LogP contribution in [0.5, 0.6) is 5.75 Å². The zero-order valence-electron chi connectivity index (χ0n) is 16.0. The van der Waals surface area contributed by atoms with Gasteiger partial charge in [0.1, 0.15) is 5.75 Å². The number of rotatable bonds is 6. The molecule has 0 bridgehead atoms. The van der Waals surface area contributed by atoms with Gasteiger partial charge in [-0.25, -0.2) is 0 Å². The molecule has 0 aliphatic rings. The van der Waals surface area contributed by atoms with Crippen LogP contribution in [0.3, 0.4) is 0 Å². The Balaban J connectivity index is 0.00000338. The third-order valence-electron chi connectivity index (χ3n) is 4.28. The Bertz CT molecular complexity index is 732.